The SMILES string of the molecule is CC(C)C1(OC(=O)C(C)(I)CC(F)(F)C(F)(F)C(F)(F)F)C2CC3CC(C2)CC1C3. The van der Waals surface area contributed by atoms with Crippen molar-refractivity contribution >= 4 is 28.6 Å². The van der Waals surface area contributed by atoms with Crippen molar-refractivity contribution in [3.63, 3.8) is 0 Å². The summed E-state index contributed by atoms with van der Waals surface area (Å²) in [5.41, 5.74) is -0.890. The first-order valence-corrected chi connectivity index (χ1v) is 11.3. The van der Waals surface area contributed by atoms with Gasteiger partial charge in [-0.3, -0.25) is 4.79 Å². The van der Waals surface area contributed by atoms with E-state index in [0.29, 0.717) is 11.8 Å². The molecular weight excluding hydrogens is 532 g/mol. The van der Waals surface area contributed by atoms with Crippen LogP contribution in [0.15, 0.2) is 0 Å². The van der Waals surface area contributed by atoms with Crippen molar-refractivity contribution in [3.05, 3.63) is 0 Å². The Morgan fingerprint density at radius 3 is 1.77 bits per heavy atom. The number of halogens is 8. The van der Waals surface area contributed by atoms with Gasteiger partial charge >= 0.3 is 24.0 Å². The second-order valence-electron chi connectivity index (χ2n) is 9.85. The van der Waals surface area contributed by atoms with Crippen molar-refractivity contribution in [1.29, 1.82) is 0 Å². The van der Waals surface area contributed by atoms with E-state index in [4.69, 9.17) is 4.74 Å². The van der Waals surface area contributed by atoms with E-state index < -0.39 is 39.4 Å². The van der Waals surface area contributed by atoms with Gasteiger partial charge in [-0.1, -0.05) is 36.4 Å². The second kappa shape index (κ2) is 7.37. The number of hydrogen-bond acceptors (Lipinski definition) is 2. The Kier molecular flexibility index (Phi) is 5.98. The zero-order valence-corrected chi connectivity index (χ0v) is 19.1. The van der Waals surface area contributed by atoms with Crippen LogP contribution in [0.25, 0.3) is 0 Å². The first-order chi connectivity index (χ1) is 13.4. The molecule has 4 aliphatic rings. The number of carbonyl (C=O) groups excluding carboxylic acids is 1. The third kappa shape index (κ3) is 3.74. The molecule has 1 atom stereocenters. The van der Waals surface area contributed by atoms with Gasteiger partial charge in [0.15, 0.2) is 0 Å². The van der Waals surface area contributed by atoms with Crippen LogP contribution in [0.2, 0.25) is 0 Å². The quantitative estimate of drug-likeness (QED) is 0.155. The Labute approximate surface area is 184 Å². The van der Waals surface area contributed by atoms with E-state index in [2.05, 4.69) is 0 Å². The van der Waals surface area contributed by atoms with Gasteiger partial charge in [-0.2, -0.15) is 30.7 Å². The molecule has 0 N–H and O–H groups in total. The second-order valence-corrected chi connectivity index (χ2v) is 12.2. The summed E-state index contributed by atoms with van der Waals surface area (Å²) in [6.45, 7) is 4.69. The van der Waals surface area contributed by atoms with Gasteiger partial charge in [0, 0.05) is 6.42 Å². The van der Waals surface area contributed by atoms with Crippen molar-refractivity contribution in [2.24, 2.45) is 29.6 Å². The highest BCUT2D eigenvalue weighted by atomic mass is 127. The summed E-state index contributed by atoms with van der Waals surface area (Å²) >= 11 is 1.22. The summed E-state index contributed by atoms with van der Waals surface area (Å²) in [4.78, 5) is 12.9. The average Bonchev–Trinajstić information content (AvgIpc) is 2.54. The summed E-state index contributed by atoms with van der Waals surface area (Å²) in [6.07, 6.45) is -3.82. The van der Waals surface area contributed by atoms with Crippen LogP contribution in [0, 0.1) is 29.6 Å². The van der Waals surface area contributed by atoms with Crippen LogP contribution in [0.3, 0.4) is 0 Å². The van der Waals surface area contributed by atoms with E-state index in [0.717, 1.165) is 39.0 Å². The average molecular weight is 558 g/mol. The van der Waals surface area contributed by atoms with Crippen molar-refractivity contribution in [1.82, 2.24) is 0 Å². The maximum absolute atomic E-state index is 14.0. The van der Waals surface area contributed by atoms with Gasteiger partial charge in [0.25, 0.3) is 0 Å². The molecule has 2 nitrogen and oxygen atoms in total. The van der Waals surface area contributed by atoms with Crippen LogP contribution in [-0.4, -0.2) is 33.0 Å². The van der Waals surface area contributed by atoms with Crippen molar-refractivity contribution in [3.8, 4) is 0 Å². The van der Waals surface area contributed by atoms with Gasteiger partial charge in [0.05, 0.1) is 0 Å². The molecule has 0 radical (unpaired) electrons. The highest BCUT2D eigenvalue weighted by Crippen LogP contribution is 2.62. The van der Waals surface area contributed by atoms with E-state index in [9.17, 15) is 35.5 Å². The maximum Gasteiger partial charge on any atom is 0.459 e. The molecule has 0 saturated heterocycles. The summed E-state index contributed by atoms with van der Waals surface area (Å²) in [5, 5.41) is 0. The maximum atomic E-state index is 14.0. The van der Waals surface area contributed by atoms with Crippen molar-refractivity contribution in [2.75, 3.05) is 0 Å². The van der Waals surface area contributed by atoms with Crippen molar-refractivity contribution in [2.45, 2.75) is 86.3 Å². The molecule has 4 saturated carbocycles. The number of esters is 1. The van der Waals surface area contributed by atoms with Gasteiger partial charge in [0.2, 0.25) is 0 Å². The largest absolute Gasteiger partial charge is 0.459 e. The highest BCUT2D eigenvalue weighted by molar-refractivity contribution is 14.1. The Hall–Kier alpha value is -0.290. The minimum atomic E-state index is -6.42. The van der Waals surface area contributed by atoms with E-state index in [1.807, 2.05) is 13.8 Å². The molecule has 0 amide bonds. The molecule has 10 heteroatoms. The number of rotatable bonds is 6. The van der Waals surface area contributed by atoms with Gasteiger partial charge < -0.3 is 4.74 Å². The molecule has 0 aliphatic heterocycles. The summed E-state index contributed by atoms with van der Waals surface area (Å²) < 4.78 is 95.8. The van der Waals surface area contributed by atoms with Crippen molar-refractivity contribution < 1.29 is 40.3 Å². The Morgan fingerprint density at radius 2 is 1.40 bits per heavy atom. The zero-order chi connectivity index (χ0) is 22.9. The molecule has 4 fully saturated rings. The van der Waals surface area contributed by atoms with Gasteiger partial charge in [-0.15, -0.1) is 0 Å². The minimum absolute atomic E-state index is 0.0574. The molecule has 1 unspecified atom stereocenters. The fraction of sp³-hybridized carbons (Fsp3) is 0.950. The molecule has 0 heterocycles. The molecule has 0 aromatic heterocycles. The molecule has 4 rings (SSSR count). The predicted octanol–water partition coefficient (Wildman–Crippen LogP) is 6.80. The monoisotopic (exact) mass is 558 g/mol. The topological polar surface area (TPSA) is 26.3 Å². The van der Waals surface area contributed by atoms with Crippen LogP contribution in [-0.2, 0) is 9.53 Å². The molecular formula is C20H26F7IO2. The standard InChI is InChI=1S/C20H26F7IO2/c1-10(2)18(13-5-11-4-12(7-13)8-14(18)6-11)30-15(29)16(3,28)9-17(21,22)19(23,24)20(25,26)27/h10-14H,4-9H2,1-3H3. The molecule has 0 aromatic carbocycles. The van der Waals surface area contributed by atoms with Gasteiger partial charge in [-0.25, -0.2) is 0 Å². The lowest BCUT2D eigenvalue weighted by Gasteiger charge is -2.62. The molecule has 4 aliphatic carbocycles. The Bertz CT molecular complexity index is 659. The molecule has 4 bridgehead atoms. The minimum Gasteiger partial charge on any atom is -0.457 e. The summed E-state index contributed by atoms with van der Waals surface area (Å²) in [5.74, 6) is -11.8. The molecule has 174 valence electrons. The van der Waals surface area contributed by atoms with Gasteiger partial charge in [0.1, 0.15) is 9.02 Å². The number of hydrogen-bond donors (Lipinski definition) is 0. The highest BCUT2D eigenvalue weighted by Gasteiger charge is 2.74. The Morgan fingerprint density at radius 1 is 0.967 bits per heavy atom. The van der Waals surface area contributed by atoms with E-state index in [1.54, 1.807) is 0 Å². The third-order valence-electron chi connectivity index (χ3n) is 7.38. The Balaban J connectivity index is 1.83. The first kappa shape index (κ1) is 24.4. The van der Waals surface area contributed by atoms with E-state index in [-0.39, 0.29) is 17.8 Å². The van der Waals surface area contributed by atoms with E-state index in [1.165, 1.54) is 22.6 Å². The normalized spacial score (nSPS) is 36.1. The molecule has 0 spiro atoms. The third-order valence-corrected chi connectivity index (χ3v) is 8.20. The van der Waals surface area contributed by atoms with Crippen LogP contribution in [0.5, 0.6) is 0 Å². The molecule has 30 heavy (non-hydrogen) atoms. The van der Waals surface area contributed by atoms with Crippen LogP contribution in [0.1, 0.15) is 59.3 Å². The summed E-state index contributed by atoms with van der Waals surface area (Å²) in [6, 6.07) is 0. The lowest BCUT2D eigenvalue weighted by molar-refractivity contribution is -0.356. The summed E-state index contributed by atoms with van der Waals surface area (Å²) in [7, 11) is 0. The lowest BCUT2D eigenvalue weighted by Crippen LogP contribution is -2.63. The van der Waals surface area contributed by atoms with Crippen LogP contribution in [0.4, 0.5) is 30.7 Å². The fourth-order valence-corrected chi connectivity index (χ4v) is 6.81. The fourth-order valence-electron chi connectivity index (χ4n) is 6.22. The predicted molar refractivity (Wildman–Crippen MR) is 104 cm³/mol. The first-order valence-electron chi connectivity index (χ1n) is 10.2. The smallest absolute Gasteiger partial charge is 0.457 e. The van der Waals surface area contributed by atoms with Crippen LogP contribution < -0.4 is 0 Å². The number of ether oxygens (including phenoxy) is 1. The lowest BCUT2D eigenvalue weighted by atomic mass is 9.47. The van der Waals surface area contributed by atoms with Gasteiger partial charge in [-0.05, 0) is 68.6 Å². The van der Waals surface area contributed by atoms with Crippen LogP contribution >= 0.6 is 22.6 Å². The van der Waals surface area contributed by atoms with E-state index >= 15 is 0 Å². The zero-order valence-electron chi connectivity index (χ0n) is 17.0. The molecule has 0 aromatic rings. The number of alkyl halides is 8. The number of carbonyl (C=O) groups is 1.